The predicted molar refractivity (Wildman–Crippen MR) is 55.0 cm³/mol. The minimum Gasteiger partial charge on any atom is -0.390 e. The summed E-state index contributed by atoms with van der Waals surface area (Å²) in [6, 6.07) is 0. The van der Waals surface area contributed by atoms with E-state index in [9.17, 15) is 5.11 Å². The summed E-state index contributed by atoms with van der Waals surface area (Å²) in [7, 11) is 0. The van der Waals surface area contributed by atoms with Crippen LogP contribution >= 0.6 is 15.9 Å². The van der Waals surface area contributed by atoms with Crippen LogP contribution in [0.5, 0.6) is 0 Å². The number of fused-ring (bicyclic) bond motifs is 2. The molecular formula is C10H17BrO2. The molecule has 0 aromatic rings. The van der Waals surface area contributed by atoms with Crippen molar-refractivity contribution in [3.8, 4) is 0 Å². The zero-order valence-corrected chi connectivity index (χ0v) is 9.97. The fraction of sp³-hybridized carbons (Fsp3) is 1.00. The molecule has 0 radical (unpaired) electrons. The van der Waals surface area contributed by atoms with Gasteiger partial charge in [0.25, 0.3) is 0 Å². The van der Waals surface area contributed by atoms with Gasteiger partial charge in [-0.25, -0.2) is 0 Å². The summed E-state index contributed by atoms with van der Waals surface area (Å²) in [6.07, 6.45) is 1.41. The van der Waals surface area contributed by atoms with Crippen LogP contribution in [-0.2, 0) is 4.74 Å². The molecule has 4 atom stereocenters. The monoisotopic (exact) mass is 248 g/mol. The normalized spacial score (nSPS) is 54.9. The first-order valence-corrected chi connectivity index (χ1v) is 5.84. The van der Waals surface area contributed by atoms with E-state index < -0.39 is 0 Å². The van der Waals surface area contributed by atoms with Gasteiger partial charge in [0.05, 0.1) is 17.3 Å². The van der Waals surface area contributed by atoms with Gasteiger partial charge in [-0.05, 0) is 19.3 Å². The first-order chi connectivity index (χ1) is 5.91. The first kappa shape index (κ1) is 9.94. The van der Waals surface area contributed by atoms with Crippen LogP contribution in [0.1, 0.15) is 33.6 Å². The zero-order valence-electron chi connectivity index (χ0n) is 8.38. The van der Waals surface area contributed by atoms with Gasteiger partial charge in [0.1, 0.15) is 0 Å². The lowest BCUT2D eigenvalue weighted by molar-refractivity contribution is -0.0791. The van der Waals surface area contributed by atoms with E-state index in [1.54, 1.807) is 0 Å². The van der Waals surface area contributed by atoms with Gasteiger partial charge >= 0.3 is 0 Å². The summed E-state index contributed by atoms with van der Waals surface area (Å²) in [5, 5.41) is 9.86. The Kier molecular flexibility index (Phi) is 2.07. The van der Waals surface area contributed by atoms with E-state index in [1.807, 2.05) is 6.92 Å². The van der Waals surface area contributed by atoms with Crippen molar-refractivity contribution in [3.63, 3.8) is 0 Å². The second kappa shape index (κ2) is 2.71. The van der Waals surface area contributed by atoms with Crippen LogP contribution in [0.25, 0.3) is 0 Å². The molecule has 2 heterocycles. The summed E-state index contributed by atoms with van der Waals surface area (Å²) in [4.78, 5) is 0.397. The minimum absolute atomic E-state index is 0.131. The summed E-state index contributed by atoms with van der Waals surface area (Å²) in [5.74, 6) is 0.454. The van der Waals surface area contributed by atoms with Crippen molar-refractivity contribution in [1.82, 2.24) is 0 Å². The number of rotatable bonds is 1. The van der Waals surface area contributed by atoms with E-state index in [0.717, 1.165) is 12.8 Å². The maximum absolute atomic E-state index is 9.86. The van der Waals surface area contributed by atoms with E-state index in [0.29, 0.717) is 10.7 Å². The Morgan fingerprint density at radius 1 is 1.46 bits per heavy atom. The number of hydrogen-bond acceptors (Lipinski definition) is 2. The fourth-order valence-corrected chi connectivity index (χ4v) is 4.13. The smallest absolute Gasteiger partial charge is 0.0933 e. The molecular weight excluding hydrogens is 232 g/mol. The van der Waals surface area contributed by atoms with Crippen molar-refractivity contribution in [2.24, 2.45) is 5.92 Å². The topological polar surface area (TPSA) is 29.5 Å². The lowest BCUT2D eigenvalue weighted by atomic mass is 9.75. The van der Waals surface area contributed by atoms with Crippen molar-refractivity contribution in [2.45, 2.75) is 55.7 Å². The third kappa shape index (κ3) is 1.13. The highest BCUT2D eigenvalue weighted by Crippen LogP contribution is 2.56. The molecule has 2 aliphatic rings. The second-order valence-corrected chi connectivity index (χ2v) is 6.02. The van der Waals surface area contributed by atoms with Crippen LogP contribution in [0, 0.1) is 5.92 Å². The molecule has 76 valence electrons. The van der Waals surface area contributed by atoms with Crippen LogP contribution in [0.2, 0.25) is 0 Å². The fourth-order valence-electron chi connectivity index (χ4n) is 2.68. The Labute approximate surface area is 87.8 Å². The van der Waals surface area contributed by atoms with Crippen LogP contribution in [-0.4, -0.2) is 27.2 Å². The van der Waals surface area contributed by atoms with Gasteiger partial charge < -0.3 is 9.84 Å². The highest BCUT2D eigenvalue weighted by molar-refractivity contribution is 9.09. The Balaban J connectivity index is 2.32. The number of halogens is 1. The van der Waals surface area contributed by atoms with Crippen LogP contribution in [0.15, 0.2) is 0 Å². The van der Waals surface area contributed by atoms with E-state index >= 15 is 0 Å². The van der Waals surface area contributed by atoms with Crippen molar-refractivity contribution in [1.29, 1.82) is 0 Å². The van der Waals surface area contributed by atoms with Gasteiger partial charge in [-0.3, -0.25) is 0 Å². The molecule has 0 amide bonds. The summed E-state index contributed by atoms with van der Waals surface area (Å²) < 4.78 is 6.04. The van der Waals surface area contributed by atoms with Gasteiger partial charge in [-0.15, -0.1) is 0 Å². The molecule has 0 aliphatic carbocycles. The standard InChI is InChI=1S/C10H17BrO2/c1-6(2)10-5-8(12)9(3,13-10)4-7(10)11/h6-8,12H,4-5H2,1-3H3. The molecule has 4 unspecified atom stereocenters. The number of aliphatic hydroxyl groups excluding tert-OH is 1. The van der Waals surface area contributed by atoms with Crippen molar-refractivity contribution < 1.29 is 9.84 Å². The molecule has 2 bridgehead atoms. The molecule has 0 saturated carbocycles. The molecule has 0 spiro atoms. The second-order valence-electron chi connectivity index (χ2n) is 4.92. The van der Waals surface area contributed by atoms with Crippen molar-refractivity contribution in [2.75, 3.05) is 0 Å². The zero-order chi connectivity index (χ0) is 9.85. The van der Waals surface area contributed by atoms with Crippen molar-refractivity contribution >= 4 is 15.9 Å². The third-order valence-corrected chi connectivity index (χ3v) is 4.83. The molecule has 1 N–H and O–H groups in total. The average Bonchev–Trinajstić information content (AvgIpc) is 2.37. The van der Waals surface area contributed by atoms with Gasteiger partial charge in [0, 0.05) is 11.2 Å². The Morgan fingerprint density at radius 2 is 2.08 bits per heavy atom. The minimum atomic E-state index is -0.307. The number of ether oxygens (including phenoxy) is 1. The molecule has 2 rings (SSSR count). The average molecular weight is 249 g/mol. The summed E-state index contributed by atoms with van der Waals surface area (Å²) in [6.45, 7) is 6.35. The van der Waals surface area contributed by atoms with Gasteiger partial charge in [0.2, 0.25) is 0 Å². The highest BCUT2D eigenvalue weighted by Gasteiger charge is 2.64. The Bertz CT molecular complexity index is 231. The van der Waals surface area contributed by atoms with E-state index in [-0.39, 0.29) is 17.3 Å². The van der Waals surface area contributed by atoms with E-state index in [4.69, 9.17) is 4.74 Å². The van der Waals surface area contributed by atoms with Crippen molar-refractivity contribution in [3.05, 3.63) is 0 Å². The molecule has 2 nitrogen and oxygen atoms in total. The van der Waals surface area contributed by atoms with Gasteiger partial charge in [-0.2, -0.15) is 0 Å². The Morgan fingerprint density at radius 3 is 2.38 bits per heavy atom. The van der Waals surface area contributed by atoms with E-state index in [1.165, 1.54) is 0 Å². The first-order valence-electron chi connectivity index (χ1n) is 4.93. The molecule has 2 aliphatic heterocycles. The summed E-state index contributed by atoms with van der Waals surface area (Å²) in [5.41, 5.74) is -0.438. The predicted octanol–water partition coefficient (Wildman–Crippen LogP) is 2.09. The van der Waals surface area contributed by atoms with Crippen LogP contribution in [0.3, 0.4) is 0 Å². The lowest BCUT2D eigenvalue weighted by Gasteiger charge is -2.34. The quantitative estimate of drug-likeness (QED) is 0.721. The molecule has 0 aromatic carbocycles. The number of alkyl halides is 1. The Hall–Kier alpha value is 0.400. The lowest BCUT2D eigenvalue weighted by Crippen LogP contribution is -2.43. The molecule has 13 heavy (non-hydrogen) atoms. The maximum atomic E-state index is 9.86. The largest absolute Gasteiger partial charge is 0.390 e. The maximum Gasteiger partial charge on any atom is 0.0933 e. The number of aliphatic hydroxyl groups is 1. The van der Waals surface area contributed by atoms with Gasteiger partial charge in [-0.1, -0.05) is 29.8 Å². The molecule has 0 aromatic heterocycles. The van der Waals surface area contributed by atoms with E-state index in [2.05, 4.69) is 29.8 Å². The SMILES string of the molecule is CC(C)C12CC(O)C(C)(CC1Br)O2. The molecule has 3 heteroatoms. The highest BCUT2D eigenvalue weighted by atomic mass is 79.9. The van der Waals surface area contributed by atoms with Crippen LogP contribution < -0.4 is 0 Å². The number of hydrogen-bond donors (Lipinski definition) is 1. The summed E-state index contributed by atoms with van der Waals surface area (Å²) >= 11 is 3.68. The van der Waals surface area contributed by atoms with Crippen LogP contribution in [0.4, 0.5) is 0 Å². The van der Waals surface area contributed by atoms with Gasteiger partial charge in [0.15, 0.2) is 0 Å². The molecule has 2 saturated heterocycles. The third-order valence-electron chi connectivity index (χ3n) is 3.73. The molecule has 2 fully saturated rings.